The van der Waals surface area contributed by atoms with Crippen molar-refractivity contribution in [2.45, 2.75) is 0 Å². The van der Waals surface area contributed by atoms with E-state index in [1.807, 2.05) is 54.6 Å². The van der Waals surface area contributed by atoms with Crippen molar-refractivity contribution in [3.63, 3.8) is 0 Å². The van der Waals surface area contributed by atoms with Crippen LogP contribution in [0, 0.1) is 0 Å². The Bertz CT molecular complexity index is 588. The Morgan fingerprint density at radius 1 is 0.842 bits per heavy atom. The average molecular weight is 269 g/mol. The van der Waals surface area contributed by atoms with Crippen molar-refractivity contribution in [3.8, 4) is 0 Å². The lowest BCUT2D eigenvalue weighted by Crippen LogP contribution is -2.21. The summed E-state index contributed by atoms with van der Waals surface area (Å²) in [5.74, 6) is -0.00261. The van der Waals surface area contributed by atoms with Gasteiger partial charge in [0.15, 0.2) is 0 Å². The van der Waals surface area contributed by atoms with Crippen LogP contribution in [-0.2, 0) is 0 Å². The molecule has 0 saturated heterocycles. The molecule has 0 radical (unpaired) electrons. The first-order chi connectivity index (χ1) is 9.09. The Kier molecular flexibility index (Phi) is 4.07. The third kappa shape index (κ3) is 3.06. The zero-order valence-electron chi connectivity index (χ0n) is 11.0. The van der Waals surface area contributed by atoms with E-state index in [4.69, 9.17) is 12.2 Å². The van der Waals surface area contributed by atoms with Crippen LogP contribution in [0.1, 0.15) is 21.5 Å². The molecule has 0 heterocycles. The second-order valence-corrected chi connectivity index (χ2v) is 4.88. The summed E-state index contributed by atoms with van der Waals surface area (Å²) in [5, 5.41) is 0. The lowest BCUT2D eigenvalue weighted by atomic mass is 10.0. The van der Waals surface area contributed by atoms with Crippen molar-refractivity contribution in [3.05, 3.63) is 71.3 Å². The zero-order chi connectivity index (χ0) is 13.8. The molecular formula is C16H15NOS. The SMILES string of the molecule is CN(C)C(=O)c1ccc(C(=S)c2ccccc2)cc1. The molecule has 0 aliphatic rings. The van der Waals surface area contributed by atoms with Crippen LogP contribution in [0.15, 0.2) is 54.6 Å². The Labute approximate surface area is 118 Å². The van der Waals surface area contributed by atoms with E-state index >= 15 is 0 Å². The largest absolute Gasteiger partial charge is 0.345 e. The second-order valence-electron chi connectivity index (χ2n) is 4.47. The van der Waals surface area contributed by atoms with E-state index in [1.165, 1.54) is 0 Å². The molecule has 0 bridgehead atoms. The summed E-state index contributed by atoms with van der Waals surface area (Å²) in [6.45, 7) is 0. The smallest absolute Gasteiger partial charge is 0.253 e. The predicted octanol–water partition coefficient (Wildman–Crippen LogP) is 3.15. The van der Waals surface area contributed by atoms with E-state index in [9.17, 15) is 4.79 Å². The van der Waals surface area contributed by atoms with Crippen LogP contribution in [-0.4, -0.2) is 29.8 Å². The number of rotatable bonds is 3. The van der Waals surface area contributed by atoms with E-state index < -0.39 is 0 Å². The molecule has 0 N–H and O–H groups in total. The maximum Gasteiger partial charge on any atom is 0.253 e. The van der Waals surface area contributed by atoms with E-state index in [0.29, 0.717) is 5.56 Å². The first kappa shape index (κ1) is 13.4. The average Bonchev–Trinajstić information content (AvgIpc) is 2.46. The zero-order valence-corrected chi connectivity index (χ0v) is 11.8. The molecule has 19 heavy (non-hydrogen) atoms. The van der Waals surface area contributed by atoms with Gasteiger partial charge >= 0.3 is 0 Å². The summed E-state index contributed by atoms with van der Waals surface area (Å²) in [6, 6.07) is 17.3. The van der Waals surface area contributed by atoms with Crippen LogP contribution in [0.2, 0.25) is 0 Å². The topological polar surface area (TPSA) is 20.3 Å². The number of amides is 1. The normalized spacial score (nSPS) is 10.0. The van der Waals surface area contributed by atoms with Crippen LogP contribution in [0.5, 0.6) is 0 Å². The fourth-order valence-corrected chi connectivity index (χ4v) is 2.05. The molecule has 1 amide bonds. The Hall–Kier alpha value is -2.00. The van der Waals surface area contributed by atoms with Crippen molar-refractivity contribution in [1.82, 2.24) is 4.90 Å². The Morgan fingerprint density at radius 2 is 1.32 bits per heavy atom. The highest BCUT2D eigenvalue weighted by Crippen LogP contribution is 2.13. The fourth-order valence-electron chi connectivity index (χ4n) is 1.78. The predicted molar refractivity (Wildman–Crippen MR) is 81.7 cm³/mol. The van der Waals surface area contributed by atoms with Crippen LogP contribution >= 0.6 is 12.2 Å². The van der Waals surface area contributed by atoms with Gasteiger partial charge < -0.3 is 4.90 Å². The van der Waals surface area contributed by atoms with E-state index in [0.717, 1.165) is 16.0 Å². The molecule has 0 atom stereocenters. The monoisotopic (exact) mass is 269 g/mol. The lowest BCUT2D eigenvalue weighted by molar-refractivity contribution is 0.0827. The minimum atomic E-state index is -0.00261. The van der Waals surface area contributed by atoms with Crippen LogP contribution < -0.4 is 0 Å². The van der Waals surface area contributed by atoms with Crippen molar-refractivity contribution in [1.29, 1.82) is 0 Å². The summed E-state index contributed by atoms with van der Waals surface area (Å²) in [6.07, 6.45) is 0. The number of benzene rings is 2. The maximum atomic E-state index is 11.8. The van der Waals surface area contributed by atoms with Gasteiger partial charge in [-0.25, -0.2) is 0 Å². The van der Waals surface area contributed by atoms with Gasteiger partial charge in [-0.3, -0.25) is 4.79 Å². The van der Waals surface area contributed by atoms with Crippen LogP contribution in [0.3, 0.4) is 0 Å². The quantitative estimate of drug-likeness (QED) is 0.630. The minimum absolute atomic E-state index is 0.00261. The van der Waals surface area contributed by atoms with Gasteiger partial charge in [0, 0.05) is 19.7 Å². The first-order valence-corrected chi connectivity index (χ1v) is 6.42. The van der Waals surface area contributed by atoms with Gasteiger partial charge in [0.05, 0.1) is 4.86 Å². The third-order valence-corrected chi connectivity index (χ3v) is 3.31. The number of hydrogen-bond donors (Lipinski definition) is 0. The molecule has 2 nitrogen and oxygen atoms in total. The summed E-state index contributed by atoms with van der Waals surface area (Å²) >= 11 is 5.45. The maximum absolute atomic E-state index is 11.8. The lowest BCUT2D eigenvalue weighted by Gasteiger charge is -2.11. The second kappa shape index (κ2) is 5.76. The minimum Gasteiger partial charge on any atom is -0.345 e. The molecule has 0 aliphatic carbocycles. The number of carbonyl (C=O) groups is 1. The number of nitrogens with zero attached hydrogens (tertiary/aromatic N) is 1. The highest BCUT2D eigenvalue weighted by Gasteiger charge is 2.09. The van der Waals surface area contributed by atoms with Gasteiger partial charge in [0.2, 0.25) is 0 Å². The molecule has 0 spiro atoms. The standard InChI is InChI=1S/C16H15NOS/c1-17(2)16(18)14-10-8-13(9-11-14)15(19)12-6-4-3-5-7-12/h3-11H,1-2H3. The molecule has 96 valence electrons. The van der Waals surface area contributed by atoms with Gasteiger partial charge in [0.25, 0.3) is 5.91 Å². The van der Waals surface area contributed by atoms with Crippen LogP contribution in [0.25, 0.3) is 0 Å². The molecule has 2 aromatic rings. The number of thiocarbonyl (C=S) groups is 1. The van der Waals surface area contributed by atoms with Gasteiger partial charge in [-0.1, -0.05) is 54.7 Å². The van der Waals surface area contributed by atoms with Crippen molar-refractivity contribution < 1.29 is 4.79 Å². The highest BCUT2D eigenvalue weighted by atomic mass is 32.1. The Morgan fingerprint density at radius 3 is 1.84 bits per heavy atom. The van der Waals surface area contributed by atoms with Crippen LogP contribution in [0.4, 0.5) is 0 Å². The summed E-state index contributed by atoms with van der Waals surface area (Å²) < 4.78 is 0. The van der Waals surface area contributed by atoms with Gasteiger partial charge in [-0.05, 0) is 23.3 Å². The molecular weight excluding hydrogens is 254 g/mol. The van der Waals surface area contributed by atoms with Crippen molar-refractivity contribution >= 4 is 23.0 Å². The summed E-state index contributed by atoms with van der Waals surface area (Å²) in [5.41, 5.74) is 2.64. The summed E-state index contributed by atoms with van der Waals surface area (Å²) in [7, 11) is 3.48. The molecule has 3 heteroatoms. The summed E-state index contributed by atoms with van der Waals surface area (Å²) in [4.78, 5) is 14.1. The molecule has 0 aromatic heterocycles. The van der Waals surface area contributed by atoms with E-state index in [1.54, 1.807) is 19.0 Å². The van der Waals surface area contributed by atoms with E-state index in [-0.39, 0.29) is 5.91 Å². The Balaban J connectivity index is 2.24. The van der Waals surface area contributed by atoms with Gasteiger partial charge in [-0.2, -0.15) is 0 Å². The van der Waals surface area contributed by atoms with Gasteiger partial charge in [-0.15, -0.1) is 0 Å². The molecule has 2 aromatic carbocycles. The molecule has 0 saturated carbocycles. The fraction of sp³-hybridized carbons (Fsp3) is 0.125. The highest BCUT2D eigenvalue weighted by molar-refractivity contribution is 7.81. The van der Waals surface area contributed by atoms with E-state index in [2.05, 4.69) is 0 Å². The third-order valence-electron chi connectivity index (χ3n) is 2.84. The molecule has 2 rings (SSSR count). The number of carbonyl (C=O) groups excluding carboxylic acids is 1. The number of hydrogen-bond acceptors (Lipinski definition) is 2. The van der Waals surface area contributed by atoms with Crippen molar-refractivity contribution in [2.75, 3.05) is 14.1 Å². The van der Waals surface area contributed by atoms with Crippen molar-refractivity contribution in [2.24, 2.45) is 0 Å². The molecule has 0 fully saturated rings. The molecule has 0 aliphatic heterocycles. The first-order valence-electron chi connectivity index (χ1n) is 6.01. The molecule has 0 unspecified atom stereocenters. The van der Waals surface area contributed by atoms with Gasteiger partial charge in [0.1, 0.15) is 0 Å².